The van der Waals surface area contributed by atoms with Crippen molar-refractivity contribution in [2.45, 2.75) is 38.0 Å². The average molecular weight is 208 g/mol. The fourth-order valence-electron chi connectivity index (χ4n) is 1.51. The van der Waals surface area contributed by atoms with Crippen molar-refractivity contribution in [3.63, 3.8) is 0 Å². The smallest absolute Gasteiger partial charge is 0.00693 e. The first-order valence-corrected chi connectivity index (χ1v) is 6.57. The molecule has 0 unspecified atom stereocenters. The van der Waals surface area contributed by atoms with Gasteiger partial charge in [-0.2, -0.15) is 0 Å². The third-order valence-electron chi connectivity index (χ3n) is 2.41. The Morgan fingerprint density at radius 2 is 1.79 bits per heavy atom. The Labute approximate surface area is 92.1 Å². The standard InChI is InChI=1S/C13H20S/c1-11(2)5-4-6-12-7-9-13(14-3)10-8-12/h7-11H,4-6H2,1-3H3. The molecule has 0 aliphatic rings. The Hall–Kier alpha value is -0.430. The SMILES string of the molecule is CSc1ccc(CCCC(C)C)cc1. The minimum Gasteiger partial charge on any atom is -0.130 e. The third kappa shape index (κ3) is 4.19. The summed E-state index contributed by atoms with van der Waals surface area (Å²) in [7, 11) is 0. The van der Waals surface area contributed by atoms with Crippen LogP contribution >= 0.6 is 11.8 Å². The van der Waals surface area contributed by atoms with Crippen LogP contribution in [0.15, 0.2) is 29.2 Å². The summed E-state index contributed by atoms with van der Waals surface area (Å²) in [5, 5.41) is 0. The zero-order valence-electron chi connectivity index (χ0n) is 9.42. The molecule has 1 aromatic rings. The minimum absolute atomic E-state index is 0.834. The molecule has 0 radical (unpaired) electrons. The van der Waals surface area contributed by atoms with E-state index in [9.17, 15) is 0 Å². The number of rotatable bonds is 5. The summed E-state index contributed by atoms with van der Waals surface area (Å²) in [6, 6.07) is 8.95. The van der Waals surface area contributed by atoms with Gasteiger partial charge in [-0.15, -0.1) is 11.8 Å². The van der Waals surface area contributed by atoms with Crippen LogP contribution in [0.3, 0.4) is 0 Å². The maximum atomic E-state index is 2.29. The average Bonchev–Trinajstić information content (AvgIpc) is 2.18. The van der Waals surface area contributed by atoms with Crippen molar-refractivity contribution in [1.82, 2.24) is 0 Å². The van der Waals surface area contributed by atoms with Gasteiger partial charge in [-0.25, -0.2) is 0 Å². The molecule has 0 nitrogen and oxygen atoms in total. The Morgan fingerprint density at radius 3 is 2.29 bits per heavy atom. The van der Waals surface area contributed by atoms with Gasteiger partial charge in [-0.05, 0) is 42.7 Å². The summed E-state index contributed by atoms with van der Waals surface area (Å²) >= 11 is 1.81. The van der Waals surface area contributed by atoms with Crippen LogP contribution in [0.2, 0.25) is 0 Å². The van der Waals surface area contributed by atoms with Gasteiger partial charge in [0.2, 0.25) is 0 Å². The largest absolute Gasteiger partial charge is 0.130 e. The maximum absolute atomic E-state index is 2.29. The van der Waals surface area contributed by atoms with Gasteiger partial charge in [0, 0.05) is 4.90 Å². The molecule has 78 valence electrons. The van der Waals surface area contributed by atoms with Crippen LogP contribution in [0.25, 0.3) is 0 Å². The summed E-state index contributed by atoms with van der Waals surface area (Å²) in [5.41, 5.74) is 1.48. The van der Waals surface area contributed by atoms with E-state index in [0.717, 1.165) is 5.92 Å². The number of hydrogen-bond acceptors (Lipinski definition) is 1. The van der Waals surface area contributed by atoms with Crippen molar-refractivity contribution in [1.29, 1.82) is 0 Å². The highest BCUT2D eigenvalue weighted by atomic mass is 32.2. The lowest BCUT2D eigenvalue weighted by Crippen LogP contribution is -1.90. The van der Waals surface area contributed by atoms with Gasteiger partial charge >= 0.3 is 0 Å². The summed E-state index contributed by atoms with van der Waals surface area (Å²) in [6.45, 7) is 4.58. The molecule has 0 saturated heterocycles. The first-order valence-electron chi connectivity index (χ1n) is 5.35. The van der Waals surface area contributed by atoms with Gasteiger partial charge in [0.15, 0.2) is 0 Å². The molecule has 1 rings (SSSR count). The van der Waals surface area contributed by atoms with Crippen molar-refractivity contribution in [3.8, 4) is 0 Å². The number of thioether (sulfide) groups is 1. The molecule has 0 aliphatic carbocycles. The quantitative estimate of drug-likeness (QED) is 0.647. The van der Waals surface area contributed by atoms with E-state index in [1.807, 2.05) is 0 Å². The molecular weight excluding hydrogens is 188 g/mol. The van der Waals surface area contributed by atoms with E-state index in [1.54, 1.807) is 11.8 Å². The first kappa shape index (κ1) is 11.6. The molecule has 0 fully saturated rings. The van der Waals surface area contributed by atoms with Gasteiger partial charge in [0.1, 0.15) is 0 Å². The minimum atomic E-state index is 0.834. The second-order valence-electron chi connectivity index (χ2n) is 4.13. The lowest BCUT2D eigenvalue weighted by Gasteiger charge is -2.05. The molecule has 0 atom stereocenters. The van der Waals surface area contributed by atoms with Crippen molar-refractivity contribution in [3.05, 3.63) is 29.8 Å². The van der Waals surface area contributed by atoms with Crippen LogP contribution in [-0.2, 0) is 6.42 Å². The fraction of sp³-hybridized carbons (Fsp3) is 0.538. The third-order valence-corrected chi connectivity index (χ3v) is 3.15. The maximum Gasteiger partial charge on any atom is 0.00693 e. The molecule has 14 heavy (non-hydrogen) atoms. The van der Waals surface area contributed by atoms with Crippen LogP contribution < -0.4 is 0 Å². The summed E-state index contributed by atoms with van der Waals surface area (Å²) in [5.74, 6) is 0.834. The lowest BCUT2D eigenvalue weighted by molar-refractivity contribution is 0.556. The van der Waals surface area contributed by atoms with E-state index < -0.39 is 0 Å². The van der Waals surface area contributed by atoms with Gasteiger partial charge in [-0.3, -0.25) is 0 Å². The topological polar surface area (TPSA) is 0 Å². The predicted molar refractivity (Wildman–Crippen MR) is 66.0 cm³/mol. The molecule has 0 bridgehead atoms. The summed E-state index contributed by atoms with van der Waals surface area (Å²) in [4.78, 5) is 1.36. The molecule has 1 heteroatoms. The van der Waals surface area contributed by atoms with E-state index in [2.05, 4.69) is 44.4 Å². The van der Waals surface area contributed by atoms with E-state index in [-0.39, 0.29) is 0 Å². The van der Waals surface area contributed by atoms with Crippen molar-refractivity contribution >= 4 is 11.8 Å². The Morgan fingerprint density at radius 1 is 1.14 bits per heavy atom. The summed E-state index contributed by atoms with van der Waals surface area (Å²) < 4.78 is 0. The van der Waals surface area contributed by atoms with Crippen molar-refractivity contribution in [2.75, 3.05) is 6.26 Å². The Bertz CT molecular complexity index is 248. The number of benzene rings is 1. The van der Waals surface area contributed by atoms with Crippen LogP contribution in [0.5, 0.6) is 0 Å². The molecule has 0 amide bonds. The highest BCUT2D eigenvalue weighted by Gasteiger charge is 1.96. The second kappa shape index (κ2) is 6.13. The van der Waals surface area contributed by atoms with E-state index in [4.69, 9.17) is 0 Å². The normalized spacial score (nSPS) is 10.9. The Kier molecular flexibility index (Phi) is 5.10. The van der Waals surface area contributed by atoms with Crippen LogP contribution in [-0.4, -0.2) is 6.26 Å². The molecule has 0 aromatic heterocycles. The van der Waals surface area contributed by atoms with Gasteiger partial charge < -0.3 is 0 Å². The summed E-state index contributed by atoms with van der Waals surface area (Å²) in [6.07, 6.45) is 6.00. The monoisotopic (exact) mass is 208 g/mol. The van der Waals surface area contributed by atoms with Gasteiger partial charge in [0.05, 0.1) is 0 Å². The molecule has 1 aromatic carbocycles. The van der Waals surface area contributed by atoms with Crippen molar-refractivity contribution in [2.24, 2.45) is 5.92 Å². The lowest BCUT2D eigenvalue weighted by atomic mass is 10.0. The fourth-order valence-corrected chi connectivity index (χ4v) is 1.91. The number of hydrogen-bond donors (Lipinski definition) is 0. The molecule has 0 aliphatic heterocycles. The Balaban J connectivity index is 2.36. The van der Waals surface area contributed by atoms with Crippen LogP contribution in [0.4, 0.5) is 0 Å². The number of aryl methyl sites for hydroxylation is 1. The van der Waals surface area contributed by atoms with Crippen molar-refractivity contribution < 1.29 is 0 Å². The molecule has 0 N–H and O–H groups in total. The van der Waals surface area contributed by atoms with E-state index >= 15 is 0 Å². The van der Waals surface area contributed by atoms with E-state index in [0.29, 0.717) is 0 Å². The van der Waals surface area contributed by atoms with Crippen LogP contribution in [0, 0.1) is 5.92 Å². The zero-order chi connectivity index (χ0) is 10.4. The molecule has 0 spiro atoms. The first-order chi connectivity index (χ1) is 6.72. The highest BCUT2D eigenvalue weighted by Crippen LogP contribution is 2.16. The second-order valence-corrected chi connectivity index (χ2v) is 5.01. The molecular formula is C13H20S. The molecule has 0 saturated carbocycles. The predicted octanol–water partition coefficient (Wildman–Crippen LogP) is 4.39. The highest BCUT2D eigenvalue weighted by molar-refractivity contribution is 7.98. The zero-order valence-corrected chi connectivity index (χ0v) is 10.2. The van der Waals surface area contributed by atoms with E-state index in [1.165, 1.54) is 29.7 Å². The van der Waals surface area contributed by atoms with Gasteiger partial charge in [-0.1, -0.05) is 32.4 Å². The molecule has 0 heterocycles. The van der Waals surface area contributed by atoms with Gasteiger partial charge in [0.25, 0.3) is 0 Å². The van der Waals surface area contributed by atoms with Crippen LogP contribution in [0.1, 0.15) is 32.3 Å².